The van der Waals surface area contributed by atoms with Gasteiger partial charge in [0.2, 0.25) is 0 Å². The third kappa shape index (κ3) is 5.70. The van der Waals surface area contributed by atoms with E-state index >= 15 is 0 Å². The summed E-state index contributed by atoms with van der Waals surface area (Å²) in [5.41, 5.74) is 9.59. The molecule has 4 nitrogen and oxygen atoms in total. The molecule has 2 aromatic carbocycles. The van der Waals surface area contributed by atoms with Crippen LogP contribution in [0.1, 0.15) is 25.0 Å². The van der Waals surface area contributed by atoms with Crippen LogP contribution in [0.2, 0.25) is 0 Å². The topological polar surface area (TPSA) is 53.6 Å². The van der Waals surface area contributed by atoms with E-state index in [2.05, 4.69) is 72.5 Å². The van der Waals surface area contributed by atoms with Gasteiger partial charge in [-0.05, 0) is 43.7 Å². The Labute approximate surface area is 145 Å². The second-order valence-electron chi connectivity index (χ2n) is 6.15. The number of likely N-dealkylation sites (N-methyl/N-ethyl adjacent to an activating group) is 1. The Bertz CT molecular complexity index is 652. The van der Waals surface area contributed by atoms with Gasteiger partial charge in [-0.1, -0.05) is 49.4 Å². The molecule has 0 aliphatic rings. The van der Waals surface area contributed by atoms with Gasteiger partial charge >= 0.3 is 0 Å². The van der Waals surface area contributed by atoms with E-state index in [1.165, 1.54) is 11.1 Å². The first-order valence-electron chi connectivity index (χ1n) is 8.48. The maximum atomic E-state index is 6.02. The van der Waals surface area contributed by atoms with Crippen molar-refractivity contribution in [2.45, 2.75) is 32.9 Å². The van der Waals surface area contributed by atoms with Crippen molar-refractivity contribution in [1.29, 1.82) is 0 Å². The molecule has 2 rings (SSSR count). The van der Waals surface area contributed by atoms with Crippen molar-refractivity contribution < 1.29 is 0 Å². The van der Waals surface area contributed by atoms with E-state index in [4.69, 9.17) is 5.73 Å². The molecule has 0 fully saturated rings. The summed E-state index contributed by atoms with van der Waals surface area (Å²) in [7, 11) is 2.11. The van der Waals surface area contributed by atoms with Crippen molar-refractivity contribution in [3.05, 3.63) is 65.7 Å². The number of rotatable bonds is 7. The lowest BCUT2D eigenvalue weighted by atomic mass is 10.1. The van der Waals surface area contributed by atoms with Crippen molar-refractivity contribution in [2.75, 3.05) is 18.9 Å². The van der Waals surface area contributed by atoms with E-state index in [1.54, 1.807) is 0 Å². The number of nitrogens with one attached hydrogen (secondary N) is 1. The fraction of sp³-hybridized carbons (Fsp3) is 0.350. The molecule has 0 spiro atoms. The van der Waals surface area contributed by atoms with Crippen molar-refractivity contribution in [2.24, 2.45) is 10.7 Å². The Balaban J connectivity index is 1.86. The van der Waals surface area contributed by atoms with E-state index in [9.17, 15) is 0 Å². The van der Waals surface area contributed by atoms with Crippen molar-refractivity contribution in [3.63, 3.8) is 0 Å². The van der Waals surface area contributed by atoms with Crippen molar-refractivity contribution in [3.8, 4) is 0 Å². The minimum Gasteiger partial charge on any atom is -0.370 e. The maximum absolute atomic E-state index is 6.02. The monoisotopic (exact) mass is 324 g/mol. The lowest BCUT2D eigenvalue weighted by Gasteiger charge is -2.23. The molecule has 0 amide bonds. The molecular formula is C20H28N4. The number of benzene rings is 2. The van der Waals surface area contributed by atoms with Crippen LogP contribution in [-0.2, 0) is 13.0 Å². The fourth-order valence-electron chi connectivity index (χ4n) is 2.45. The standard InChI is InChI=1S/C20H28N4/c1-4-17-11-8-12-19(13-17)23-20(21)22-14-16(2)24(3)15-18-9-6-5-7-10-18/h5-13,16H,4,14-15H2,1-3H3,(H3,21,22,23). The van der Waals surface area contributed by atoms with Crippen molar-refractivity contribution in [1.82, 2.24) is 4.90 Å². The lowest BCUT2D eigenvalue weighted by molar-refractivity contribution is 0.255. The Morgan fingerprint density at radius 1 is 1.12 bits per heavy atom. The second kappa shape index (κ2) is 9.08. The lowest BCUT2D eigenvalue weighted by Crippen LogP contribution is -2.32. The van der Waals surface area contributed by atoms with E-state index in [0.29, 0.717) is 18.5 Å². The van der Waals surface area contributed by atoms with Gasteiger partial charge in [0.05, 0.1) is 6.54 Å². The second-order valence-corrected chi connectivity index (χ2v) is 6.15. The first-order chi connectivity index (χ1) is 11.6. The molecule has 0 aromatic heterocycles. The molecule has 2 aromatic rings. The molecule has 0 bridgehead atoms. The summed E-state index contributed by atoms with van der Waals surface area (Å²) in [6, 6.07) is 19.0. The molecule has 128 valence electrons. The molecular weight excluding hydrogens is 296 g/mol. The van der Waals surface area contributed by atoms with Gasteiger partial charge in [0.15, 0.2) is 5.96 Å². The van der Waals surface area contributed by atoms with Crippen LogP contribution >= 0.6 is 0 Å². The third-order valence-corrected chi connectivity index (χ3v) is 4.16. The highest BCUT2D eigenvalue weighted by atomic mass is 15.2. The molecule has 24 heavy (non-hydrogen) atoms. The third-order valence-electron chi connectivity index (χ3n) is 4.16. The minimum absolute atomic E-state index is 0.313. The first kappa shape index (κ1) is 18.0. The molecule has 1 atom stereocenters. The largest absolute Gasteiger partial charge is 0.370 e. The normalized spacial score (nSPS) is 13.1. The van der Waals surface area contributed by atoms with Crippen LogP contribution in [0.3, 0.4) is 0 Å². The highest BCUT2D eigenvalue weighted by Gasteiger charge is 2.09. The van der Waals surface area contributed by atoms with Crippen molar-refractivity contribution >= 4 is 11.6 Å². The molecule has 0 heterocycles. The summed E-state index contributed by atoms with van der Waals surface area (Å²) in [6.45, 7) is 5.87. The number of anilines is 1. The summed E-state index contributed by atoms with van der Waals surface area (Å²) >= 11 is 0. The van der Waals surface area contributed by atoms with Crippen LogP contribution in [-0.4, -0.2) is 30.5 Å². The highest BCUT2D eigenvalue weighted by molar-refractivity contribution is 5.92. The molecule has 0 aliphatic carbocycles. The predicted molar refractivity (Wildman–Crippen MR) is 103 cm³/mol. The van der Waals surface area contributed by atoms with E-state index in [0.717, 1.165) is 18.7 Å². The Hall–Kier alpha value is -2.33. The molecule has 0 saturated carbocycles. The first-order valence-corrected chi connectivity index (χ1v) is 8.48. The zero-order valence-electron chi connectivity index (χ0n) is 14.9. The number of nitrogens with zero attached hydrogens (tertiary/aromatic N) is 2. The average molecular weight is 324 g/mol. The Morgan fingerprint density at radius 3 is 2.54 bits per heavy atom. The van der Waals surface area contributed by atoms with Gasteiger partial charge in [-0.15, -0.1) is 0 Å². The average Bonchev–Trinajstić information content (AvgIpc) is 2.60. The van der Waals surface area contributed by atoms with Gasteiger partial charge in [0, 0.05) is 18.3 Å². The summed E-state index contributed by atoms with van der Waals surface area (Å²) in [4.78, 5) is 6.76. The number of hydrogen-bond donors (Lipinski definition) is 2. The molecule has 0 saturated heterocycles. The van der Waals surface area contributed by atoms with Gasteiger partial charge in [-0.25, -0.2) is 0 Å². The predicted octanol–water partition coefficient (Wildman–Crippen LogP) is 3.50. The quantitative estimate of drug-likeness (QED) is 0.605. The van der Waals surface area contributed by atoms with Gasteiger partial charge in [-0.3, -0.25) is 9.89 Å². The van der Waals surface area contributed by atoms with Crippen LogP contribution in [0.25, 0.3) is 0 Å². The maximum Gasteiger partial charge on any atom is 0.193 e. The fourth-order valence-corrected chi connectivity index (χ4v) is 2.45. The number of aryl methyl sites for hydroxylation is 1. The van der Waals surface area contributed by atoms with E-state index in [-0.39, 0.29) is 0 Å². The van der Waals surface area contributed by atoms with Crippen LogP contribution in [0.5, 0.6) is 0 Å². The van der Waals surface area contributed by atoms with Gasteiger partial charge in [-0.2, -0.15) is 0 Å². The zero-order valence-corrected chi connectivity index (χ0v) is 14.9. The van der Waals surface area contributed by atoms with Gasteiger partial charge in [0.25, 0.3) is 0 Å². The van der Waals surface area contributed by atoms with Crippen LogP contribution < -0.4 is 11.1 Å². The van der Waals surface area contributed by atoms with E-state index in [1.807, 2.05) is 18.2 Å². The number of guanidine groups is 1. The van der Waals surface area contributed by atoms with Crippen LogP contribution in [0, 0.1) is 0 Å². The molecule has 0 aliphatic heterocycles. The number of aliphatic imine (C=N–C) groups is 1. The summed E-state index contributed by atoms with van der Waals surface area (Å²) in [6.07, 6.45) is 1.01. The molecule has 0 radical (unpaired) electrons. The molecule has 1 unspecified atom stereocenters. The van der Waals surface area contributed by atoms with Crippen LogP contribution in [0.4, 0.5) is 5.69 Å². The summed E-state index contributed by atoms with van der Waals surface area (Å²) < 4.78 is 0. The zero-order chi connectivity index (χ0) is 17.4. The Kier molecular flexibility index (Phi) is 6.82. The summed E-state index contributed by atoms with van der Waals surface area (Å²) in [5, 5.41) is 3.17. The van der Waals surface area contributed by atoms with E-state index < -0.39 is 0 Å². The van der Waals surface area contributed by atoms with Gasteiger partial charge in [0.1, 0.15) is 0 Å². The number of hydrogen-bond acceptors (Lipinski definition) is 2. The smallest absolute Gasteiger partial charge is 0.193 e. The SMILES string of the molecule is CCc1cccc(NC(N)=NCC(C)N(C)Cc2ccccc2)c1. The highest BCUT2D eigenvalue weighted by Crippen LogP contribution is 2.11. The molecule has 3 N–H and O–H groups in total. The summed E-state index contributed by atoms with van der Waals surface area (Å²) in [5.74, 6) is 0.461. The number of nitrogens with two attached hydrogens (primary N) is 1. The Morgan fingerprint density at radius 2 is 1.83 bits per heavy atom. The van der Waals surface area contributed by atoms with Gasteiger partial charge < -0.3 is 11.1 Å². The molecule has 4 heteroatoms. The van der Waals surface area contributed by atoms with Crippen LogP contribution in [0.15, 0.2) is 59.6 Å². The minimum atomic E-state index is 0.313.